The number of aromatic nitrogens is 3. The van der Waals surface area contributed by atoms with Crippen molar-refractivity contribution in [2.24, 2.45) is 5.92 Å². The number of rotatable bonds is 10. The molecule has 3 rings (SSSR count). The first-order valence-corrected chi connectivity index (χ1v) is 12.3. The summed E-state index contributed by atoms with van der Waals surface area (Å²) in [7, 11) is 0. The predicted octanol–water partition coefficient (Wildman–Crippen LogP) is 5.63. The summed E-state index contributed by atoms with van der Waals surface area (Å²) in [5.74, 6) is 0.272. The fraction of sp³-hybridized carbons (Fsp3) is 0.250. The second-order valence-corrected chi connectivity index (χ2v) is 9.47. The van der Waals surface area contributed by atoms with E-state index in [2.05, 4.69) is 27.4 Å². The minimum Gasteiger partial charge on any atom is -0.342 e. The highest BCUT2D eigenvalue weighted by Crippen LogP contribution is 2.30. The Morgan fingerprint density at radius 2 is 1.85 bits per heavy atom. The van der Waals surface area contributed by atoms with Gasteiger partial charge in [0.2, 0.25) is 5.91 Å². The lowest BCUT2D eigenvalue weighted by molar-refractivity contribution is -0.113. The van der Waals surface area contributed by atoms with Gasteiger partial charge in [-0.3, -0.25) is 9.59 Å². The third-order valence-corrected chi connectivity index (χ3v) is 6.67. The van der Waals surface area contributed by atoms with Crippen molar-refractivity contribution in [1.82, 2.24) is 20.1 Å². The standard InChI is InChI=1S/C24H25Cl2N5O2S/c1-4-13-31-22(21(15(2)3)28-23(33)16-9-6-5-7-10-16)29-30-24(31)34-14-19(32)27-18-12-8-11-17(25)20(18)26/h4-12,15,21H,1,13-14H2,2-3H3,(H,27,32)(H,28,33)/t21-/m1/s1. The van der Waals surface area contributed by atoms with Crippen LogP contribution in [0.2, 0.25) is 10.0 Å². The molecule has 1 aromatic heterocycles. The topological polar surface area (TPSA) is 88.9 Å². The first kappa shape index (κ1) is 25.8. The van der Waals surface area contributed by atoms with E-state index in [1.807, 2.05) is 36.6 Å². The predicted molar refractivity (Wildman–Crippen MR) is 138 cm³/mol. The number of halogens is 2. The van der Waals surface area contributed by atoms with Crippen LogP contribution >= 0.6 is 35.0 Å². The Bertz CT molecular complexity index is 1170. The molecule has 2 N–H and O–H groups in total. The van der Waals surface area contributed by atoms with Gasteiger partial charge in [0.1, 0.15) is 0 Å². The van der Waals surface area contributed by atoms with Crippen LogP contribution in [0.15, 0.2) is 66.3 Å². The number of nitrogens with zero attached hydrogens (tertiary/aromatic N) is 3. The summed E-state index contributed by atoms with van der Waals surface area (Å²) >= 11 is 13.4. The SMILES string of the molecule is C=CCn1c(SCC(=O)Nc2cccc(Cl)c2Cl)nnc1[C@H](NC(=O)c1ccccc1)C(C)C. The summed E-state index contributed by atoms with van der Waals surface area (Å²) in [6.45, 7) is 8.24. The van der Waals surface area contributed by atoms with Gasteiger partial charge in [-0.2, -0.15) is 0 Å². The van der Waals surface area contributed by atoms with Crippen LogP contribution in [0.5, 0.6) is 0 Å². The number of amides is 2. The highest BCUT2D eigenvalue weighted by atomic mass is 35.5. The van der Waals surface area contributed by atoms with Crippen LogP contribution in [0.25, 0.3) is 0 Å². The van der Waals surface area contributed by atoms with Crippen LogP contribution in [-0.4, -0.2) is 32.3 Å². The minimum atomic E-state index is -0.381. The number of nitrogens with one attached hydrogen (secondary N) is 2. The molecular formula is C24H25Cl2N5O2S. The van der Waals surface area contributed by atoms with Crippen molar-refractivity contribution in [2.75, 3.05) is 11.1 Å². The quantitative estimate of drug-likeness (QED) is 0.268. The summed E-state index contributed by atoms with van der Waals surface area (Å²) in [6, 6.07) is 13.7. The van der Waals surface area contributed by atoms with Gasteiger partial charge in [-0.05, 0) is 30.2 Å². The first-order chi connectivity index (χ1) is 16.3. The van der Waals surface area contributed by atoms with Crippen molar-refractivity contribution in [1.29, 1.82) is 0 Å². The maximum atomic E-state index is 12.8. The van der Waals surface area contributed by atoms with Crippen molar-refractivity contribution in [3.8, 4) is 0 Å². The van der Waals surface area contributed by atoms with Crippen LogP contribution in [0.3, 0.4) is 0 Å². The molecule has 2 aromatic carbocycles. The number of thioether (sulfide) groups is 1. The van der Waals surface area contributed by atoms with Crippen LogP contribution in [0.1, 0.15) is 36.1 Å². The molecule has 178 valence electrons. The number of hydrogen-bond acceptors (Lipinski definition) is 5. The molecule has 34 heavy (non-hydrogen) atoms. The molecule has 10 heteroatoms. The van der Waals surface area contributed by atoms with Crippen LogP contribution in [0, 0.1) is 5.92 Å². The molecule has 0 aliphatic heterocycles. The summed E-state index contributed by atoms with van der Waals surface area (Å²) in [6.07, 6.45) is 1.72. The minimum absolute atomic E-state index is 0.0477. The molecule has 0 saturated carbocycles. The largest absolute Gasteiger partial charge is 0.342 e. The molecule has 0 unspecified atom stereocenters. The Labute approximate surface area is 212 Å². The second kappa shape index (κ2) is 12.1. The Hall–Kier alpha value is -2.81. The average Bonchev–Trinajstić information content (AvgIpc) is 3.21. The lowest BCUT2D eigenvalue weighted by Crippen LogP contribution is -2.33. The zero-order valence-corrected chi connectivity index (χ0v) is 21.1. The number of anilines is 1. The van der Waals surface area contributed by atoms with Gasteiger partial charge in [0.05, 0.1) is 27.5 Å². The van der Waals surface area contributed by atoms with E-state index < -0.39 is 0 Å². The monoisotopic (exact) mass is 517 g/mol. The smallest absolute Gasteiger partial charge is 0.251 e. The van der Waals surface area contributed by atoms with Gasteiger partial charge < -0.3 is 15.2 Å². The number of carbonyl (C=O) groups is 2. The van der Waals surface area contributed by atoms with E-state index in [1.54, 1.807) is 36.4 Å². The molecule has 2 amide bonds. The fourth-order valence-corrected chi connectivity index (χ4v) is 4.30. The third-order valence-electron chi connectivity index (χ3n) is 4.88. The van der Waals surface area contributed by atoms with E-state index in [-0.39, 0.29) is 34.5 Å². The normalized spacial score (nSPS) is 11.8. The molecule has 0 aliphatic rings. The van der Waals surface area contributed by atoms with Gasteiger partial charge in [-0.15, -0.1) is 16.8 Å². The maximum Gasteiger partial charge on any atom is 0.251 e. The van der Waals surface area contributed by atoms with Gasteiger partial charge >= 0.3 is 0 Å². The molecular weight excluding hydrogens is 493 g/mol. The molecule has 0 radical (unpaired) electrons. The molecule has 3 aromatic rings. The Morgan fingerprint density at radius 3 is 2.53 bits per heavy atom. The lowest BCUT2D eigenvalue weighted by atomic mass is 10.0. The molecule has 0 saturated heterocycles. The van der Waals surface area contributed by atoms with Crippen molar-refractivity contribution < 1.29 is 9.59 Å². The summed E-state index contributed by atoms with van der Waals surface area (Å²) in [5.41, 5.74) is 1.00. The molecule has 0 fully saturated rings. The highest BCUT2D eigenvalue weighted by Gasteiger charge is 2.26. The number of hydrogen-bond donors (Lipinski definition) is 2. The molecule has 0 aliphatic carbocycles. The third kappa shape index (κ3) is 6.40. The van der Waals surface area contributed by atoms with Gasteiger partial charge in [-0.1, -0.05) is 79.2 Å². The average molecular weight is 518 g/mol. The van der Waals surface area contributed by atoms with Gasteiger partial charge in [0.15, 0.2) is 11.0 Å². The van der Waals surface area contributed by atoms with Gasteiger partial charge in [-0.25, -0.2) is 0 Å². The Morgan fingerprint density at radius 1 is 1.12 bits per heavy atom. The first-order valence-electron chi connectivity index (χ1n) is 10.6. The van der Waals surface area contributed by atoms with Crippen molar-refractivity contribution >= 4 is 52.5 Å². The maximum absolute atomic E-state index is 12.8. The number of allylic oxidation sites excluding steroid dienone is 1. The zero-order chi connectivity index (χ0) is 24.7. The lowest BCUT2D eigenvalue weighted by Gasteiger charge is -2.22. The molecule has 0 bridgehead atoms. The Balaban J connectivity index is 1.75. The second-order valence-electron chi connectivity index (χ2n) is 7.74. The number of carbonyl (C=O) groups excluding carboxylic acids is 2. The van der Waals surface area contributed by atoms with Crippen LogP contribution in [0.4, 0.5) is 5.69 Å². The molecule has 7 nitrogen and oxygen atoms in total. The Kier molecular flexibility index (Phi) is 9.15. The van der Waals surface area contributed by atoms with Crippen LogP contribution < -0.4 is 10.6 Å². The van der Waals surface area contributed by atoms with Crippen LogP contribution in [-0.2, 0) is 11.3 Å². The van der Waals surface area contributed by atoms with E-state index in [4.69, 9.17) is 23.2 Å². The van der Waals surface area contributed by atoms with Crippen molar-refractivity contribution in [3.63, 3.8) is 0 Å². The van der Waals surface area contributed by atoms with Gasteiger partial charge in [0, 0.05) is 12.1 Å². The highest BCUT2D eigenvalue weighted by molar-refractivity contribution is 7.99. The van der Waals surface area contributed by atoms with Crippen molar-refractivity contribution in [3.05, 3.63) is 82.6 Å². The molecule has 0 spiro atoms. The summed E-state index contributed by atoms with van der Waals surface area (Å²) in [5, 5.41) is 15.6. The summed E-state index contributed by atoms with van der Waals surface area (Å²) < 4.78 is 1.85. The van der Waals surface area contributed by atoms with E-state index in [0.29, 0.717) is 33.8 Å². The van der Waals surface area contributed by atoms with E-state index in [9.17, 15) is 9.59 Å². The molecule has 1 atom stereocenters. The zero-order valence-electron chi connectivity index (χ0n) is 18.8. The van der Waals surface area contributed by atoms with E-state index in [0.717, 1.165) is 0 Å². The fourth-order valence-electron chi connectivity index (χ4n) is 3.20. The van der Waals surface area contributed by atoms with E-state index in [1.165, 1.54) is 11.8 Å². The number of benzene rings is 2. The van der Waals surface area contributed by atoms with E-state index >= 15 is 0 Å². The summed E-state index contributed by atoms with van der Waals surface area (Å²) in [4.78, 5) is 25.3. The van der Waals surface area contributed by atoms with Crippen molar-refractivity contribution in [2.45, 2.75) is 31.6 Å². The van der Waals surface area contributed by atoms with Gasteiger partial charge in [0.25, 0.3) is 5.91 Å². The molecule has 1 heterocycles.